The number of alkyl carbamates (subject to hydrolysis) is 1. The van der Waals surface area contributed by atoms with E-state index >= 15 is 0 Å². The first-order valence-electron chi connectivity index (χ1n) is 9.78. The van der Waals surface area contributed by atoms with Gasteiger partial charge in [0, 0.05) is 0 Å². The number of ether oxygens (including phenoxy) is 3. The molecule has 2 aromatic carbocycles. The molecule has 7 nitrogen and oxygen atoms in total. The van der Waals surface area contributed by atoms with Crippen LogP contribution in [0.5, 0.6) is 5.75 Å². The number of amides is 2. The fourth-order valence-corrected chi connectivity index (χ4v) is 2.69. The highest BCUT2D eigenvalue weighted by Crippen LogP contribution is 2.23. The summed E-state index contributed by atoms with van der Waals surface area (Å²) < 4.78 is 16.5. The molecule has 2 N–H and O–H groups in total. The normalized spacial score (nSPS) is 13.1. The van der Waals surface area contributed by atoms with Crippen LogP contribution >= 0.6 is 0 Å². The number of rotatable bonds is 8. The van der Waals surface area contributed by atoms with Crippen LogP contribution in [0.4, 0.5) is 10.5 Å². The van der Waals surface area contributed by atoms with Crippen molar-refractivity contribution in [1.82, 2.24) is 5.32 Å². The number of benzene rings is 2. The van der Waals surface area contributed by atoms with Crippen molar-refractivity contribution < 1.29 is 23.8 Å². The molecule has 162 valence electrons. The third-order valence-corrected chi connectivity index (χ3v) is 4.14. The molecular formula is C23H30N2O5. The summed E-state index contributed by atoms with van der Waals surface area (Å²) in [5.41, 5.74) is 0.767. The van der Waals surface area contributed by atoms with Crippen LogP contribution in [0.2, 0.25) is 0 Å². The molecule has 0 fully saturated rings. The van der Waals surface area contributed by atoms with Crippen molar-refractivity contribution in [2.45, 2.75) is 52.0 Å². The lowest BCUT2D eigenvalue weighted by molar-refractivity contribution is -0.122. The predicted molar refractivity (Wildman–Crippen MR) is 115 cm³/mol. The Morgan fingerprint density at radius 1 is 1.00 bits per heavy atom. The van der Waals surface area contributed by atoms with Crippen LogP contribution in [0.3, 0.4) is 0 Å². The fraction of sp³-hybridized carbons (Fsp3) is 0.391. The number of carbonyl (C=O) groups is 2. The van der Waals surface area contributed by atoms with Crippen LogP contribution in [0.15, 0.2) is 54.6 Å². The van der Waals surface area contributed by atoms with E-state index < -0.39 is 29.7 Å². The highest BCUT2D eigenvalue weighted by Gasteiger charge is 2.30. The first kappa shape index (κ1) is 23.2. The third-order valence-electron chi connectivity index (χ3n) is 4.14. The molecule has 7 heteroatoms. The van der Waals surface area contributed by atoms with Crippen molar-refractivity contribution in [2.75, 3.05) is 12.4 Å². The van der Waals surface area contributed by atoms with Gasteiger partial charge in [0.2, 0.25) is 5.91 Å². The summed E-state index contributed by atoms with van der Waals surface area (Å²) in [6.07, 6.45) is -1.31. The van der Waals surface area contributed by atoms with E-state index in [4.69, 9.17) is 14.2 Å². The summed E-state index contributed by atoms with van der Waals surface area (Å²) in [4.78, 5) is 25.4. The minimum Gasteiger partial charge on any atom is -0.495 e. The second kappa shape index (κ2) is 10.6. The molecule has 2 rings (SSSR count). The Balaban J connectivity index is 2.14. The van der Waals surface area contributed by atoms with E-state index in [-0.39, 0.29) is 0 Å². The number of anilines is 1. The maximum atomic E-state index is 13.0. The van der Waals surface area contributed by atoms with Crippen LogP contribution < -0.4 is 15.4 Å². The van der Waals surface area contributed by atoms with Crippen molar-refractivity contribution in [3.63, 3.8) is 0 Å². The molecule has 0 aliphatic rings. The van der Waals surface area contributed by atoms with Gasteiger partial charge in [-0.3, -0.25) is 4.79 Å². The zero-order valence-corrected chi connectivity index (χ0v) is 18.1. The van der Waals surface area contributed by atoms with Gasteiger partial charge in [-0.1, -0.05) is 42.5 Å². The van der Waals surface area contributed by atoms with Gasteiger partial charge in [0.15, 0.2) is 0 Å². The van der Waals surface area contributed by atoms with E-state index in [1.807, 2.05) is 30.3 Å². The maximum absolute atomic E-state index is 13.0. The van der Waals surface area contributed by atoms with E-state index in [0.717, 1.165) is 5.56 Å². The first-order valence-corrected chi connectivity index (χ1v) is 9.78. The molecule has 0 aliphatic carbocycles. The summed E-state index contributed by atoms with van der Waals surface area (Å²) in [6, 6.07) is 15.7. The van der Waals surface area contributed by atoms with Gasteiger partial charge in [0.1, 0.15) is 17.4 Å². The lowest BCUT2D eigenvalue weighted by atomic mass is 10.1. The van der Waals surface area contributed by atoms with E-state index in [9.17, 15) is 9.59 Å². The second-order valence-electron chi connectivity index (χ2n) is 7.82. The van der Waals surface area contributed by atoms with Crippen LogP contribution in [-0.4, -0.2) is 36.9 Å². The number of carbonyl (C=O) groups excluding carboxylic acids is 2. The van der Waals surface area contributed by atoms with Crippen LogP contribution in [-0.2, 0) is 20.9 Å². The summed E-state index contributed by atoms with van der Waals surface area (Å²) >= 11 is 0. The van der Waals surface area contributed by atoms with Crippen LogP contribution in [0.25, 0.3) is 0 Å². The molecule has 0 radical (unpaired) electrons. The zero-order chi connectivity index (χ0) is 22.1. The van der Waals surface area contributed by atoms with Gasteiger partial charge in [-0.25, -0.2) is 4.79 Å². The van der Waals surface area contributed by atoms with E-state index in [1.165, 1.54) is 7.11 Å². The average molecular weight is 415 g/mol. The van der Waals surface area contributed by atoms with Gasteiger partial charge in [-0.2, -0.15) is 0 Å². The summed E-state index contributed by atoms with van der Waals surface area (Å²) in [5.74, 6) is 0.0747. The Morgan fingerprint density at radius 2 is 1.63 bits per heavy atom. The Kier molecular flexibility index (Phi) is 8.24. The van der Waals surface area contributed by atoms with Gasteiger partial charge >= 0.3 is 6.09 Å². The topological polar surface area (TPSA) is 85.9 Å². The zero-order valence-electron chi connectivity index (χ0n) is 18.1. The minimum atomic E-state index is -0.978. The van der Waals surface area contributed by atoms with Gasteiger partial charge in [0.25, 0.3) is 0 Å². The quantitative estimate of drug-likeness (QED) is 0.678. The number of nitrogens with one attached hydrogen (secondary N) is 2. The summed E-state index contributed by atoms with van der Waals surface area (Å²) in [7, 11) is 1.52. The Morgan fingerprint density at radius 3 is 2.27 bits per heavy atom. The van der Waals surface area contributed by atoms with Crippen molar-refractivity contribution >= 4 is 17.7 Å². The van der Waals surface area contributed by atoms with Gasteiger partial charge in [-0.15, -0.1) is 0 Å². The smallest absolute Gasteiger partial charge is 0.408 e. The van der Waals surface area contributed by atoms with Crippen LogP contribution in [0.1, 0.15) is 33.3 Å². The molecule has 0 saturated heterocycles. The number of hydrogen-bond acceptors (Lipinski definition) is 5. The predicted octanol–water partition coefficient (Wildman–Crippen LogP) is 4.13. The van der Waals surface area contributed by atoms with E-state index in [1.54, 1.807) is 52.0 Å². The number of hydrogen-bond donors (Lipinski definition) is 2. The molecule has 0 aliphatic heterocycles. The van der Waals surface area contributed by atoms with Gasteiger partial charge < -0.3 is 24.8 Å². The molecule has 0 bridgehead atoms. The minimum absolute atomic E-state index is 0.302. The molecular weight excluding hydrogens is 384 g/mol. The Bertz CT molecular complexity index is 833. The highest BCUT2D eigenvalue weighted by molar-refractivity contribution is 5.98. The largest absolute Gasteiger partial charge is 0.495 e. The first-order chi connectivity index (χ1) is 14.2. The monoisotopic (exact) mass is 414 g/mol. The molecule has 2 amide bonds. The summed E-state index contributed by atoms with van der Waals surface area (Å²) in [5, 5.41) is 5.42. The molecule has 0 unspecified atom stereocenters. The van der Waals surface area contributed by atoms with Crippen molar-refractivity contribution in [3.05, 3.63) is 60.2 Å². The van der Waals surface area contributed by atoms with Crippen molar-refractivity contribution in [2.24, 2.45) is 0 Å². The highest BCUT2D eigenvalue weighted by atomic mass is 16.6. The number of methoxy groups -OCH3 is 1. The van der Waals surface area contributed by atoms with Crippen molar-refractivity contribution in [3.8, 4) is 5.75 Å². The van der Waals surface area contributed by atoms with Gasteiger partial charge in [-0.05, 0) is 45.4 Å². The van der Waals surface area contributed by atoms with Gasteiger partial charge in [0.05, 0.1) is 25.5 Å². The van der Waals surface area contributed by atoms with E-state index in [0.29, 0.717) is 18.0 Å². The number of para-hydroxylation sites is 2. The standard InChI is InChI=1S/C23H30N2O5/c1-16(29-15-17-11-7-6-8-12-17)20(25-22(27)30-23(2,3)4)21(26)24-18-13-9-10-14-19(18)28-5/h6-14,16,20H,15H2,1-5H3,(H,24,26)(H,25,27)/t16-,20-/m1/s1. The third kappa shape index (κ3) is 7.40. The molecule has 2 atom stereocenters. The molecule has 0 saturated carbocycles. The molecule has 2 aromatic rings. The lowest BCUT2D eigenvalue weighted by Crippen LogP contribution is -2.52. The van der Waals surface area contributed by atoms with Crippen molar-refractivity contribution in [1.29, 1.82) is 0 Å². The average Bonchev–Trinajstić information content (AvgIpc) is 2.70. The van der Waals surface area contributed by atoms with E-state index in [2.05, 4.69) is 10.6 Å². The molecule has 0 aromatic heterocycles. The second-order valence-corrected chi connectivity index (χ2v) is 7.82. The molecule has 30 heavy (non-hydrogen) atoms. The Hall–Kier alpha value is -3.06. The van der Waals surface area contributed by atoms with Crippen LogP contribution in [0, 0.1) is 0 Å². The Labute approximate surface area is 177 Å². The lowest BCUT2D eigenvalue weighted by Gasteiger charge is -2.27. The SMILES string of the molecule is COc1ccccc1NC(=O)[C@H](NC(=O)OC(C)(C)C)[C@@H](C)OCc1ccccc1. The molecule has 0 heterocycles. The maximum Gasteiger partial charge on any atom is 0.408 e. The fourth-order valence-electron chi connectivity index (χ4n) is 2.69. The summed E-state index contributed by atoms with van der Waals surface area (Å²) in [6.45, 7) is 7.30. The molecule has 0 spiro atoms.